The first kappa shape index (κ1) is 20.1. The lowest BCUT2D eigenvalue weighted by atomic mass is 9.72. The SMILES string of the molecule is CCOC(=O)c1cnc(N2CCC3(CC2)CN(C(=O)OCc2ccccc2)C3)nc1. The molecular weight excluding hydrogens is 384 g/mol. The molecule has 8 nitrogen and oxygen atoms in total. The molecule has 1 amide bonds. The third-order valence-corrected chi connectivity index (χ3v) is 5.77. The highest BCUT2D eigenvalue weighted by atomic mass is 16.6. The summed E-state index contributed by atoms with van der Waals surface area (Å²) in [5, 5.41) is 0. The number of esters is 1. The number of anilines is 1. The van der Waals surface area contributed by atoms with Crippen molar-refractivity contribution in [3.63, 3.8) is 0 Å². The van der Waals surface area contributed by atoms with Crippen molar-refractivity contribution >= 4 is 18.0 Å². The van der Waals surface area contributed by atoms with Crippen LogP contribution in [0.15, 0.2) is 42.7 Å². The van der Waals surface area contributed by atoms with E-state index in [4.69, 9.17) is 9.47 Å². The summed E-state index contributed by atoms with van der Waals surface area (Å²) in [6, 6.07) is 9.70. The summed E-state index contributed by atoms with van der Waals surface area (Å²) in [4.78, 5) is 36.5. The highest BCUT2D eigenvalue weighted by molar-refractivity contribution is 5.88. The van der Waals surface area contributed by atoms with E-state index in [1.54, 1.807) is 11.8 Å². The number of piperidine rings is 1. The van der Waals surface area contributed by atoms with Gasteiger partial charge in [0.15, 0.2) is 0 Å². The van der Waals surface area contributed by atoms with Crippen LogP contribution < -0.4 is 4.90 Å². The molecule has 0 bridgehead atoms. The number of nitrogens with zero attached hydrogens (tertiary/aromatic N) is 4. The first-order valence-electron chi connectivity index (χ1n) is 10.3. The fourth-order valence-electron chi connectivity index (χ4n) is 4.00. The van der Waals surface area contributed by atoms with Gasteiger partial charge in [-0.05, 0) is 25.3 Å². The van der Waals surface area contributed by atoms with Crippen molar-refractivity contribution in [2.45, 2.75) is 26.4 Å². The minimum absolute atomic E-state index is 0.160. The number of rotatable bonds is 5. The number of benzene rings is 1. The summed E-state index contributed by atoms with van der Waals surface area (Å²) in [6.45, 7) is 5.51. The summed E-state index contributed by atoms with van der Waals surface area (Å²) in [6.07, 6.45) is 4.72. The number of carbonyl (C=O) groups excluding carboxylic acids is 2. The summed E-state index contributed by atoms with van der Waals surface area (Å²) in [5.74, 6) is 0.215. The second-order valence-electron chi connectivity index (χ2n) is 7.88. The Labute approximate surface area is 175 Å². The van der Waals surface area contributed by atoms with E-state index in [-0.39, 0.29) is 11.5 Å². The third-order valence-electron chi connectivity index (χ3n) is 5.77. The number of likely N-dealkylation sites (tertiary alicyclic amines) is 1. The normalized spacial score (nSPS) is 17.4. The van der Waals surface area contributed by atoms with Crippen molar-refractivity contribution in [2.75, 3.05) is 37.7 Å². The van der Waals surface area contributed by atoms with E-state index in [2.05, 4.69) is 14.9 Å². The van der Waals surface area contributed by atoms with Gasteiger partial charge in [-0.3, -0.25) is 0 Å². The maximum atomic E-state index is 12.3. The van der Waals surface area contributed by atoms with Gasteiger partial charge in [-0.15, -0.1) is 0 Å². The van der Waals surface area contributed by atoms with E-state index in [0.29, 0.717) is 24.7 Å². The number of ether oxygens (including phenoxy) is 2. The van der Waals surface area contributed by atoms with Crippen LogP contribution in [0.3, 0.4) is 0 Å². The number of carbonyl (C=O) groups is 2. The summed E-state index contributed by atoms with van der Waals surface area (Å²) >= 11 is 0. The van der Waals surface area contributed by atoms with E-state index in [1.807, 2.05) is 30.3 Å². The minimum Gasteiger partial charge on any atom is -0.462 e. The Hall–Kier alpha value is -3.16. The van der Waals surface area contributed by atoms with Crippen LogP contribution >= 0.6 is 0 Å². The van der Waals surface area contributed by atoms with Gasteiger partial charge in [-0.25, -0.2) is 19.6 Å². The fourth-order valence-corrected chi connectivity index (χ4v) is 4.00. The molecular formula is C22H26N4O4. The predicted octanol–water partition coefficient (Wildman–Crippen LogP) is 2.89. The molecule has 0 aliphatic carbocycles. The monoisotopic (exact) mass is 410 g/mol. The van der Waals surface area contributed by atoms with E-state index >= 15 is 0 Å². The number of amides is 1. The van der Waals surface area contributed by atoms with Crippen LogP contribution in [0.4, 0.5) is 10.7 Å². The zero-order valence-electron chi connectivity index (χ0n) is 17.1. The molecule has 0 radical (unpaired) electrons. The molecule has 3 heterocycles. The average Bonchev–Trinajstić information content (AvgIpc) is 2.77. The van der Waals surface area contributed by atoms with Crippen LogP contribution in [-0.4, -0.2) is 59.7 Å². The van der Waals surface area contributed by atoms with Crippen LogP contribution in [0.25, 0.3) is 0 Å². The zero-order chi connectivity index (χ0) is 21.0. The number of hydrogen-bond donors (Lipinski definition) is 0. The summed E-state index contributed by atoms with van der Waals surface area (Å²) in [7, 11) is 0. The van der Waals surface area contributed by atoms with Crippen LogP contribution in [0.5, 0.6) is 0 Å². The molecule has 1 aromatic heterocycles. The predicted molar refractivity (Wildman–Crippen MR) is 110 cm³/mol. The Kier molecular flexibility index (Phi) is 5.83. The Morgan fingerprint density at radius 1 is 1.03 bits per heavy atom. The molecule has 2 aromatic rings. The molecule has 0 saturated carbocycles. The van der Waals surface area contributed by atoms with Gasteiger partial charge in [-0.1, -0.05) is 30.3 Å². The lowest BCUT2D eigenvalue weighted by Gasteiger charge is -2.53. The second kappa shape index (κ2) is 8.69. The topological polar surface area (TPSA) is 84.9 Å². The Balaban J connectivity index is 1.23. The molecule has 158 valence electrons. The van der Waals surface area contributed by atoms with Crippen LogP contribution in [0, 0.1) is 5.41 Å². The minimum atomic E-state index is -0.407. The molecule has 2 fully saturated rings. The van der Waals surface area contributed by atoms with Gasteiger partial charge in [0.25, 0.3) is 0 Å². The molecule has 1 spiro atoms. The highest BCUT2D eigenvalue weighted by Crippen LogP contribution is 2.41. The molecule has 0 unspecified atom stereocenters. The third kappa shape index (κ3) is 4.37. The van der Waals surface area contributed by atoms with Crippen molar-refractivity contribution in [1.29, 1.82) is 0 Å². The Morgan fingerprint density at radius 2 is 1.70 bits per heavy atom. The molecule has 30 heavy (non-hydrogen) atoms. The first-order chi connectivity index (χ1) is 14.6. The summed E-state index contributed by atoms with van der Waals surface area (Å²) < 4.78 is 10.4. The van der Waals surface area contributed by atoms with Gasteiger partial charge in [0.2, 0.25) is 5.95 Å². The largest absolute Gasteiger partial charge is 0.462 e. The average molecular weight is 410 g/mol. The number of hydrogen-bond acceptors (Lipinski definition) is 7. The van der Waals surface area contributed by atoms with Crippen LogP contribution in [0.1, 0.15) is 35.7 Å². The molecule has 8 heteroatoms. The van der Waals surface area contributed by atoms with Crippen LogP contribution in [0.2, 0.25) is 0 Å². The standard InChI is InChI=1S/C22H26N4O4/c1-2-29-19(27)18-12-23-20(24-13-18)25-10-8-22(9-11-25)15-26(16-22)21(28)30-14-17-6-4-3-5-7-17/h3-7,12-13H,2,8-11,14-16H2,1H3. The van der Waals surface area contributed by atoms with Crippen molar-refractivity contribution in [2.24, 2.45) is 5.41 Å². The smallest absolute Gasteiger partial charge is 0.410 e. The maximum Gasteiger partial charge on any atom is 0.410 e. The van der Waals surface area contributed by atoms with Gasteiger partial charge in [0, 0.05) is 44.0 Å². The molecule has 0 N–H and O–H groups in total. The van der Waals surface area contributed by atoms with Crippen LogP contribution in [-0.2, 0) is 16.1 Å². The van der Waals surface area contributed by atoms with E-state index in [0.717, 1.165) is 44.6 Å². The molecule has 2 aliphatic heterocycles. The first-order valence-corrected chi connectivity index (χ1v) is 10.3. The van der Waals surface area contributed by atoms with Gasteiger partial charge < -0.3 is 19.3 Å². The lowest BCUT2D eigenvalue weighted by Crippen LogP contribution is -2.62. The number of aromatic nitrogens is 2. The Bertz CT molecular complexity index is 872. The van der Waals surface area contributed by atoms with Gasteiger partial charge in [0.1, 0.15) is 6.61 Å². The molecule has 4 rings (SSSR count). The van der Waals surface area contributed by atoms with Crippen molar-refractivity contribution in [3.8, 4) is 0 Å². The van der Waals surface area contributed by atoms with Crippen molar-refractivity contribution in [3.05, 3.63) is 53.9 Å². The Morgan fingerprint density at radius 3 is 2.33 bits per heavy atom. The van der Waals surface area contributed by atoms with E-state index < -0.39 is 5.97 Å². The van der Waals surface area contributed by atoms with E-state index in [9.17, 15) is 9.59 Å². The van der Waals surface area contributed by atoms with Gasteiger partial charge >= 0.3 is 12.1 Å². The van der Waals surface area contributed by atoms with Gasteiger partial charge in [0.05, 0.1) is 12.2 Å². The summed E-state index contributed by atoms with van der Waals surface area (Å²) in [5.41, 5.74) is 1.51. The molecule has 0 atom stereocenters. The maximum absolute atomic E-state index is 12.3. The lowest BCUT2D eigenvalue weighted by molar-refractivity contribution is -0.0200. The molecule has 2 saturated heterocycles. The molecule has 2 aliphatic rings. The quantitative estimate of drug-likeness (QED) is 0.701. The van der Waals surface area contributed by atoms with E-state index in [1.165, 1.54) is 12.4 Å². The van der Waals surface area contributed by atoms with Crippen molar-refractivity contribution < 1.29 is 19.1 Å². The second-order valence-corrected chi connectivity index (χ2v) is 7.88. The highest BCUT2D eigenvalue weighted by Gasteiger charge is 2.47. The van der Waals surface area contributed by atoms with Gasteiger partial charge in [-0.2, -0.15) is 0 Å². The zero-order valence-corrected chi connectivity index (χ0v) is 17.1. The van der Waals surface area contributed by atoms with Crippen molar-refractivity contribution in [1.82, 2.24) is 14.9 Å². The fraction of sp³-hybridized carbons (Fsp3) is 0.455. The molecule has 1 aromatic carbocycles.